The van der Waals surface area contributed by atoms with Crippen LogP contribution in [0.25, 0.3) is 0 Å². The average molecular weight is 315 g/mol. The van der Waals surface area contributed by atoms with Crippen molar-refractivity contribution in [3.05, 3.63) is 35.9 Å². The summed E-state index contributed by atoms with van der Waals surface area (Å²) in [5, 5.41) is 3.32. The number of piperazine rings is 1. The normalized spacial score (nSPS) is 29.3. The first kappa shape index (κ1) is 16.3. The summed E-state index contributed by atoms with van der Waals surface area (Å²) in [4.78, 5) is 17.2. The lowest BCUT2D eigenvalue weighted by Crippen LogP contribution is -2.55. The molecule has 2 fully saturated rings. The van der Waals surface area contributed by atoms with Crippen molar-refractivity contribution < 1.29 is 4.79 Å². The Bertz CT molecular complexity index is 519. The van der Waals surface area contributed by atoms with Gasteiger partial charge in [-0.1, -0.05) is 50.1 Å². The molecule has 1 aromatic rings. The van der Waals surface area contributed by atoms with Crippen molar-refractivity contribution in [3.8, 4) is 0 Å². The highest BCUT2D eigenvalue weighted by atomic mass is 16.2. The molecular weight excluding hydrogens is 286 g/mol. The van der Waals surface area contributed by atoms with Gasteiger partial charge in [0.2, 0.25) is 0 Å². The maximum atomic E-state index is 12.9. The SMILES string of the molecule is CC1CCCCC1NC(=O)N1CCN(C)CC1c1ccccc1. The van der Waals surface area contributed by atoms with Crippen molar-refractivity contribution in [2.45, 2.75) is 44.7 Å². The molecule has 3 atom stereocenters. The molecule has 0 radical (unpaired) electrons. The predicted octanol–water partition coefficient (Wildman–Crippen LogP) is 3.26. The van der Waals surface area contributed by atoms with Crippen LogP contribution in [0.3, 0.4) is 0 Å². The van der Waals surface area contributed by atoms with E-state index in [1.165, 1.54) is 24.8 Å². The molecule has 4 nitrogen and oxygen atoms in total. The van der Waals surface area contributed by atoms with Crippen molar-refractivity contribution in [1.82, 2.24) is 15.1 Å². The summed E-state index contributed by atoms with van der Waals surface area (Å²) in [6.07, 6.45) is 4.89. The van der Waals surface area contributed by atoms with E-state index < -0.39 is 0 Å². The third-order valence-electron chi connectivity index (χ3n) is 5.45. The van der Waals surface area contributed by atoms with Crippen LogP contribution < -0.4 is 5.32 Å². The average Bonchev–Trinajstić information content (AvgIpc) is 2.57. The van der Waals surface area contributed by atoms with Crippen LogP contribution in [0.1, 0.15) is 44.2 Å². The molecule has 0 bridgehead atoms. The van der Waals surface area contributed by atoms with E-state index in [-0.39, 0.29) is 12.1 Å². The summed E-state index contributed by atoms with van der Waals surface area (Å²) in [6.45, 7) is 4.90. The first-order valence-electron chi connectivity index (χ1n) is 8.96. The van der Waals surface area contributed by atoms with Crippen molar-refractivity contribution in [1.29, 1.82) is 0 Å². The van der Waals surface area contributed by atoms with E-state index in [4.69, 9.17) is 0 Å². The van der Waals surface area contributed by atoms with Crippen LogP contribution in [0, 0.1) is 5.92 Å². The van der Waals surface area contributed by atoms with Gasteiger partial charge in [-0.15, -0.1) is 0 Å². The Labute approximate surface area is 139 Å². The van der Waals surface area contributed by atoms with Crippen LogP contribution in [0.2, 0.25) is 0 Å². The number of likely N-dealkylation sites (N-methyl/N-ethyl adjacent to an activating group) is 1. The molecule has 1 aliphatic carbocycles. The van der Waals surface area contributed by atoms with Gasteiger partial charge in [0.05, 0.1) is 6.04 Å². The number of urea groups is 1. The van der Waals surface area contributed by atoms with Crippen LogP contribution in [0.5, 0.6) is 0 Å². The summed E-state index contributed by atoms with van der Waals surface area (Å²) >= 11 is 0. The monoisotopic (exact) mass is 315 g/mol. The van der Waals surface area contributed by atoms with Gasteiger partial charge in [-0.25, -0.2) is 4.79 Å². The number of nitrogens with zero attached hydrogens (tertiary/aromatic N) is 2. The lowest BCUT2D eigenvalue weighted by molar-refractivity contribution is 0.103. The van der Waals surface area contributed by atoms with Gasteiger partial charge in [0.1, 0.15) is 0 Å². The summed E-state index contributed by atoms with van der Waals surface area (Å²) in [5.74, 6) is 0.593. The number of rotatable bonds is 2. The van der Waals surface area contributed by atoms with E-state index in [9.17, 15) is 4.79 Å². The van der Waals surface area contributed by atoms with Crippen LogP contribution >= 0.6 is 0 Å². The molecule has 2 amide bonds. The first-order valence-corrected chi connectivity index (χ1v) is 8.96. The largest absolute Gasteiger partial charge is 0.335 e. The first-order chi connectivity index (χ1) is 11.1. The number of amides is 2. The maximum Gasteiger partial charge on any atom is 0.318 e. The van der Waals surface area contributed by atoms with Gasteiger partial charge in [-0.05, 0) is 31.4 Å². The molecule has 2 aliphatic rings. The second-order valence-electron chi connectivity index (χ2n) is 7.20. The van der Waals surface area contributed by atoms with Crippen molar-refractivity contribution >= 4 is 6.03 Å². The quantitative estimate of drug-likeness (QED) is 0.909. The number of carbonyl (C=O) groups excluding carboxylic acids is 1. The summed E-state index contributed by atoms with van der Waals surface area (Å²) < 4.78 is 0. The second kappa shape index (κ2) is 7.35. The third kappa shape index (κ3) is 3.86. The highest BCUT2D eigenvalue weighted by Crippen LogP contribution is 2.27. The van der Waals surface area contributed by atoms with Crippen LogP contribution in [0.4, 0.5) is 4.79 Å². The fraction of sp³-hybridized carbons (Fsp3) is 0.632. The molecule has 0 aromatic heterocycles. The fourth-order valence-electron chi connectivity index (χ4n) is 3.90. The van der Waals surface area contributed by atoms with E-state index in [2.05, 4.69) is 48.5 Å². The molecule has 1 heterocycles. The molecule has 3 rings (SSSR count). The van der Waals surface area contributed by atoms with Crippen molar-refractivity contribution in [3.63, 3.8) is 0 Å². The van der Waals surface area contributed by atoms with Gasteiger partial charge in [-0.3, -0.25) is 0 Å². The zero-order valence-electron chi connectivity index (χ0n) is 14.4. The summed E-state index contributed by atoms with van der Waals surface area (Å²) in [7, 11) is 2.13. The second-order valence-corrected chi connectivity index (χ2v) is 7.20. The third-order valence-corrected chi connectivity index (χ3v) is 5.45. The Hall–Kier alpha value is -1.55. The maximum absolute atomic E-state index is 12.9. The Kier molecular flexibility index (Phi) is 5.21. The smallest absolute Gasteiger partial charge is 0.318 e. The molecule has 1 saturated carbocycles. The number of hydrogen-bond donors (Lipinski definition) is 1. The molecule has 1 aliphatic heterocycles. The van der Waals surface area contributed by atoms with E-state index >= 15 is 0 Å². The Balaban J connectivity index is 1.71. The number of benzene rings is 1. The summed E-state index contributed by atoms with van der Waals surface area (Å²) in [6, 6.07) is 11.0. The molecule has 1 aromatic carbocycles. The number of hydrogen-bond acceptors (Lipinski definition) is 2. The van der Waals surface area contributed by atoms with Crippen molar-refractivity contribution in [2.75, 3.05) is 26.7 Å². The lowest BCUT2D eigenvalue weighted by Gasteiger charge is -2.41. The standard InChI is InChI=1S/C19H29N3O/c1-15-8-6-7-11-17(15)20-19(23)22-13-12-21(2)14-18(22)16-9-4-3-5-10-16/h3-5,9-10,15,17-18H,6-8,11-14H2,1-2H3,(H,20,23). The topological polar surface area (TPSA) is 35.6 Å². The Morgan fingerprint density at radius 3 is 2.61 bits per heavy atom. The summed E-state index contributed by atoms with van der Waals surface area (Å²) in [5.41, 5.74) is 1.23. The minimum Gasteiger partial charge on any atom is -0.335 e. The molecule has 126 valence electrons. The Morgan fingerprint density at radius 1 is 1.13 bits per heavy atom. The van der Waals surface area contributed by atoms with E-state index in [0.29, 0.717) is 12.0 Å². The zero-order chi connectivity index (χ0) is 16.2. The molecule has 1 N–H and O–H groups in total. The molecule has 3 unspecified atom stereocenters. The van der Waals surface area contributed by atoms with Crippen molar-refractivity contribution in [2.24, 2.45) is 5.92 Å². The van der Waals surface area contributed by atoms with Gasteiger partial charge < -0.3 is 15.1 Å². The van der Waals surface area contributed by atoms with Gasteiger partial charge in [-0.2, -0.15) is 0 Å². The highest BCUT2D eigenvalue weighted by molar-refractivity contribution is 5.75. The number of carbonyl (C=O) groups is 1. The molecule has 4 heteroatoms. The van der Waals surface area contributed by atoms with E-state index in [1.807, 2.05) is 11.0 Å². The molecule has 23 heavy (non-hydrogen) atoms. The van der Waals surface area contributed by atoms with Crippen LogP contribution in [-0.2, 0) is 0 Å². The highest BCUT2D eigenvalue weighted by Gasteiger charge is 2.32. The number of nitrogens with one attached hydrogen (secondary N) is 1. The predicted molar refractivity (Wildman–Crippen MR) is 93.3 cm³/mol. The van der Waals surface area contributed by atoms with E-state index in [0.717, 1.165) is 26.1 Å². The molecular formula is C19H29N3O. The molecule has 1 saturated heterocycles. The fourth-order valence-corrected chi connectivity index (χ4v) is 3.90. The lowest BCUT2D eigenvalue weighted by atomic mass is 9.86. The van der Waals surface area contributed by atoms with Gasteiger partial charge in [0.15, 0.2) is 0 Å². The van der Waals surface area contributed by atoms with Gasteiger partial charge in [0, 0.05) is 25.7 Å². The minimum atomic E-state index is 0.116. The van der Waals surface area contributed by atoms with Crippen LogP contribution in [-0.4, -0.2) is 48.6 Å². The van der Waals surface area contributed by atoms with Crippen LogP contribution in [0.15, 0.2) is 30.3 Å². The minimum absolute atomic E-state index is 0.116. The van der Waals surface area contributed by atoms with E-state index in [1.54, 1.807) is 0 Å². The zero-order valence-corrected chi connectivity index (χ0v) is 14.4. The van der Waals surface area contributed by atoms with Gasteiger partial charge >= 0.3 is 6.03 Å². The van der Waals surface area contributed by atoms with Gasteiger partial charge in [0.25, 0.3) is 0 Å². The Morgan fingerprint density at radius 2 is 1.87 bits per heavy atom. The molecule has 0 spiro atoms.